The average molecular weight is 2660 g/mol. The summed E-state index contributed by atoms with van der Waals surface area (Å²) in [6.07, 6.45) is 8.56. The van der Waals surface area contributed by atoms with Crippen LogP contribution >= 0.6 is 0 Å². The number of hydrogen-bond donors (Lipinski definition) is 0. The molecule has 7 heterocycles. The molecule has 0 unspecified atom stereocenters. The van der Waals surface area contributed by atoms with Gasteiger partial charge in [-0.25, -0.2) is 0 Å². The normalized spacial score (nSPS) is 10.2. The zero-order chi connectivity index (χ0) is 91.3. The van der Waals surface area contributed by atoms with Gasteiger partial charge in [-0.2, -0.15) is 13.2 Å². The summed E-state index contributed by atoms with van der Waals surface area (Å²) in [5.41, 5.74) is 37.7. The fourth-order valence-electron chi connectivity index (χ4n) is 15.0. The molecule has 0 N–H and O–H groups in total. The van der Waals surface area contributed by atoms with E-state index in [0.717, 1.165) is 101 Å². The van der Waals surface area contributed by atoms with E-state index in [0.29, 0.717) is 11.3 Å². The van der Waals surface area contributed by atoms with Gasteiger partial charge in [0.2, 0.25) is 0 Å². The van der Waals surface area contributed by atoms with Crippen molar-refractivity contribution in [3.63, 3.8) is 0 Å². The van der Waals surface area contributed by atoms with Crippen molar-refractivity contribution in [3.05, 3.63) is 498 Å². The zero-order valence-corrected chi connectivity index (χ0v) is 88.8. The molecule has 0 aliphatic rings. The third-order valence-corrected chi connectivity index (χ3v) is 21.3. The Bertz CT molecular complexity index is 6440. The van der Waals surface area contributed by atoms with Gasteiger partial charge in [-0.3, -0.25) is 0 Å². The number of nitrogens with zero attached hydrogens (tertiary/aromatic N) is 7. The van der Waals surface area contributed by atoms with Crippen LogP contribution in [-0.4, -0.2) is 34.9 Å². The first kappa shape index (κ1) is 108. The Morgan fingerprint density at radius 3 is 0.889 bits per heavy atom. The van der Waals surface area contributed by atoms with Crippen LogP contribution in [0.4, 0.5) is 13.2 Å². The zero-order valence-electron chi connectivity index (χ0n) is 76.8. The van der Waals surface area contributed by atoms with E-state index in [9.17, 15) is 13.2 Å². The fourth-order valence-corrected chi connectivity index (χ4v) is 15.0. The molecule has 0 amide bonds. The van der Waals surface area contributed by atoms with Gasteiger partial charge in [-0.1, -0.05) is 235 Å². The molecule has 0 aliphatic heterocycles. The third-order valence-electron chi connectivity index (χ3n) is 21.3. The van der Waals surface area contributed by atoms with Crippen molar-refractivity contribution < 1.29 is 114 Å². The summed E-state index contributed by atoms with van der Waals surface area (Å²) >= 11 is 0. The monoisotopic (exact) mass is 2660 g/mol. The van der Waals surface area contributed by atoms with Crippen molar-refractivity contribution in [2.75, 3.05) is 0 Å². The Morgan fingerprint density at radius 1 is 0.215 bits per heavy atom. The quantitative estimate of drug-likeness (QED) is 0.113. The van der Waals surface area contributed by atoms with E-state index in [1.807, 2.05) is 165 Å². The summed E-state index contributed by atoms with van der Waals surface area (Å²) in [6, 6.07) is 133. The second-order valence-electron chi connectivity index (χ2n) is 31.7. The molecular weight excluding hydrogens is 2560 g/mol. The number of halogens is 3. The molecule has 5 radical (unpaired) electrons. The van der Waals surface area contributed by atoms with Crippen molar-refractivity contribution in [2.24, 2.45) is 0 Å². The van der Waals surface area contributed by atoms with Gasteiger partial charge in [0.05, 0.1) is 5.56 Å². The molecule has 0 fully saturated rings. The predicted octanol–water partition coefficient (Wildman–Crippen LogP) is 30.9. The minimum atomic E-state index is -4.39. The second-order valence-corrected chi connectivity index (χ2v) is 31.7. The van der Waals surface area contributed by atoms with Crippen molar-refractivity contribution >= 4 is 0 Å². The molecule has 15 heteroatoms. The summed E-state index contributed by atoms with van der Waals surface area (Å²) < 4.78 is 39.4. The number of aromatic nitrogens is 7. The molecule has 19 rings (SSSR count). The van der Waals surface area contributed by atoms with Crippen molar-refractivity contribution in [1.82, 2.24) is 34.9 Å². The van der Waals surface area contributed by atoms with Gasteiger partial charge in [0.25, 0.3) is 0 Å². The van der Waals surface area contributed by atoms with Gasteiger partial charge in [-0.05, 0) is 167 Å². The maximum absolute atomic E-state index is 13.1. The Balaban J connectivity index is 0.000000194. The third kappa shape index (κ3) is 31.1. The molecular formula is C120H99F3Ir5N7-7. The van der Waals surface area contributed by atoms with Crippen molar-refractivity contribution in [1.29, 1.82) is 0 Å². The van der Waals surface area contributed by atoms with Gasteiger partial charge in [0.1, 0.15) is 0 Å². The Kier molecular flexibility index (Phi) is 43.0. The van der Waals surface area contributed by atoms with Gasteiger partial charge in [0, 0.05) is 161 Å². The molecule has 19 aromatic rings. The van der Waals surface area contributed by atoms with E-state index in [1.165, 1.54) is 107 Å². The van der Waals surface area contributed by atoms with Crippen LogP contribution in [0.1, 0.15) is 72.3 Å². The summed E-state index contributed by atoms with van der Waals surface area (Å²) in [7, 11) is 0. The van der Waals surface area contributed by atoms with Crippen LogP contribution in [0.25, 0.3) is 134 Å². The van der Waals surface area contributed by atoms with Gasteiger partial charge in [0.15, 0.2) is 0 Å². The van der Waals surface area contributed by atoms with Crippen LogP contribution in [0.2, 0.25) is 0 Å². The SMILES string of the molecule is Cc1[c-]c(-c2cc(C)c(-c3ccccc3)cn2)cc(C)c1.Cc1[c-]c(-c2cc(C)c(-c3ccccc3)cn2)cc(C)c1.Cc1[c-]c(-c2cc(C)c(-c3ccccc3)cn2)cc(C)c1.Cc1ccccc1-c1ccc(-c2[c-]cccc2)nc1.Cc1cccnc1-c1[c-]cccc1.Cc1cccnc1-c1[c-]cccc1.FC(F)(F)c1ccccc1-c1ccnc(-c2[c-]cccc2)c1.[Ir].[Ir].[Ir].[Ir].[Ir]. The Hall–Kier alpha value is -12.3. The number of rotatable bonds is 12. The smallest absolute Gasteiger partial charge is 0.305 e. The summed E-state index contributed by atoms with van der Waals surface area (Å²) in [6.45, 7) is 25.2. The van der Waals surface area contributed by atoms with Crippen LogP contribution in [0, 0.1) is 126 Å². The van der Waals surface area contributed by atoms with E-state index < -0.39 is 11.7 Å². The first-order valence-electron chi connectivity index (χ1n) is 43.0. The van der Waals surface area contributed by atoms with Crippen LogP contribution in [-0.2, 0) is 107 Å². The van der Waals surface area contributed by atoms with Crippen LogP contribution < -0.4 is 0 Å². The first-order chi connectivity index (χ1) is 63.0. The van der Waals surface area contributed by atoms with E-state index in [-0.39, 0.29) is 106 Å². The van der Waals surface area contributed by atoms with Crippen LogP contribution in [0.3, 0.4) is 0 Å². The number of hydrogen-bond acceptors (Lipinski definition) is 7. The topological polar surface area (TPSA) is 90.2 Å². The van der Waals surface area contributed by atoms with E-state index >= 15 is 0 Å². The minimum Gasteiger partial charge on any atom is -0.305 e. The maximum Gasteiger partial charge on any atom is 0.417 e. The molecule has 0 spiro atoms. The van der Waals surface area contributed by atoms with Crippen molar-refractivity contribution in [3.8, 4) is 134 Å². The number of benzene rings is 12. The first-order valence-corrected chi connectivity index (χ1v) is 43.0. The number of pyridine rings is 7. The number of alkyl halides is 3. The van der Waals surface area contributed by atoms with Crippen molar-refractivity contribution in [2.45, 2.75) is 89.3 Å². The van der Waals surface area contributed by atoms with E-state index in [1.54, 1.807) is 24.3 Å². The predicted molar refractivity (Wildman–Crippen MR) is 529 cm³/mol. The molecule has 7 nitrogen and oxygen atoms in total. The molecule has 0 atom stereocenters. The van der Waals surface area contributed by atoms with Crippen LogP contribution in [0.15, 0.2) is 383 Å². The number of aryl methyl sites for hydroxylation is 12. The van der Waals surface area contributed by atoms with Crippen LogP contribution in [0.5, 0.6) is 0 Å². The standard InChI is InChI=1S/3C20H18N.C18H11F3N.C18H14N.2C12H10N.5Ir/c3*1-14-9-15(2)11-18(10-14)20-12-16(3)19(13-21-20)17-7-5-4-6-8-17;19-18(20,21)16-9-5-4-8-15(16)14-10-11-22-17(12-14)13-6-2-1-3-7-13;1-14-7-5-6-10-17(14)16-11-12-18(19-13-16)15-8-3-2-4-9-15;2*1-10-6-5-9-13-12(10)11-7-3-2-4-8-11;;;;;/h3*4-10,12-13H,1-3H3;1-6,8-12H;2-8,10-13H,1H3;2*2-7,9H,1H3;;;;;/q7*-1;;;;;. The molecule has 0 bridgehead atoms. The van der Waals surface area contributed by atoms with Gasteiger partial charge < -0.3 is 34.9 Å². The maximum atomic E-state index is 13.1. The van der Waals surface area contributed by atoms with Gasteiger partial charge in [-0.15, -0.1) is 248 Å². The molecule has 0 aliphatic carbocycles. The largest absolute Gasteiger partial charge is 0.417 e. The summed E-state index contributed by atoms with van der Waals surface area (Å²) in [5.74, 6) is 0. The average Bonchev–Trinajstić information content (AvgIpc) is 0.772. The molecule has 12 aromatic carbocycles. The molecule has 0 saturated carbocycles. The summed E-state index contributed by atoms with van der Waals surface area (Å²) in [4.78, 5) is 31.3. The molecule has 0 saturated heterocycles. The Labute approximate surface area is 862 Å². The Morgan fingerprint density at radius 2 is 0.548 bits per heavy atom. The molecule has 135 heavy (non-hydrogen) atoms. The molecule has 687 valence electrons. The fraction of sp³-hybridized carbons (Fsp3) is 0.108. The summed E-state index contributed by atoms with van der Waals surface area (Å²) in [5, 5.41) is 0. The van der Waals surface area contributed by atoms with E-state index in [4.69, 9.17) is 0 Å². The minimum absolute atomic E-state index is 0. The van der Waals surface area contributed by atoms with E-state index in [2.05, 4.69) is 330 Å². The van der Waals surface area contributed by atoms with Gasteiger partial charge >= 0.3 is 6.18 Å². The second kappa shape index (κ2) is 53.7. The molecule has 7 aromatic heterocycles.